The normalized spacial score (nSPS) is 12.5. The predicted octanol–water partition coefficient (Wildman–Crippen LogP) is 5.62. The molecule has 7 nitrogen and oxygen atoms in total. The molecule has 0 saturated carbocycles. The number of hydrogen-bond acceptors (Lipinski definition) is 4. The third-order valence-electron chi connectivity index (χ3n) is 6.13. The molecule has 0 saturated heterocycles. The Bertz CT molecular complexity index is 1460. The molecule has 0 spiro atoms. The van der Waals surface area contributed by atoms with Gasteiger partial charge in [0.2, 0.25) is 21.8 Å². The topological polar surface area (TPSA) is 86.8 Å². The van der Waals surface area contributed by atoms with E-state index < -0.39 is 34.1 Å². The lowest BCUT2D eigenvalue weighted by atomic mass is 10.0. The second-order valence-electron chi connectivity index (χ2n) is 10.8. The maximum Gasteiger partial charge on any atom is 0.244 e. The van der Waals surface area contributed by atoms with Crippen molar-refractivity contribution in [2.75, 3.05) is 17.1 Å². The Morgan fingerprint density at radius 2 is 1.52 bits per heavy atom. The van der Waals surface area contributed by atoms with Crippen LogP contribution >= 0.6 is 23.2 Å². The first-order valence-corrected chi connectivity index (χ1v) is 15.4. The summed E-state index contributed by atoms with van der Waals surface area (Å²) in [6, 6.07) is 20.3. The van der Waals surface area contributed by atoms with Gasteiger partial charge in [0.1, 0.15) is 12.6 Å². The van der Waals surface area contributed by atoms with Gasteiger partial charge in [-0.05, 0) is 68.7 Å². The maximum absolute atomic E-state index is 14.1. The summed E-state index contributed by atoms with van der Waals surface area (Å²) >= 11 is 12.4. The van der Waals surface area contributed by atoms with E-state index in [0.29, 0.717) is 26.9 Å². The van der Waals surface area contributed by atoms with Crippen molar-refractivity contribution < 1.29 is 18.0 Å². The van der Waals surface area contributed by atoms with Gasteiger partial charge in [0.15, 0.2) is 0 Å². The molecule has 10 heteroatoms. The van der Waals surface area contributed by atoms with Crippen LogP contribution in [0, 0.1) is 6.92 Å². The van der Waals surface area contributed by atoms with E-state index in [4.69, 9.17) is 23.2 Å². The van der Waals surface area contributed by atoms with E-state index in [1.165, 1.54) is 11.0 Å². The standard InChI is InChI=1S/C30H35Cl2N3O4S/c1-21-14-15-25(32)18-26(21)35(40(5,38)39)20-28(36)34(19-23-12-9-13-24(31)16-23)27(29(37)33-30(2,3)4)17-22-10-7-6-8-11-22/h6-16,18,27H,17,19-20H2,1-5H3,(H,33,37)/t27-/m1/s1. The van der Waals surface area contributed by atoms with Crippen LogP contribution in [0.25, 0.3) is 0 Å². The van der Waals surface area contributed by atoms with Crippen LogP contribution < -0.4 is 9.62 Å². The maximum atomic E-state index is 14.1. The van der Waals surface area contributed by atoms with E-state index in [0.717, 1.165) is 16.1 Å². The van der Waals surface area contributed by atoms with Crippen molar-refractivity contribution in [3.8, 4) is 0 Å². The Labute approximate surface area is 247 Å². The molecular formula is C30H35Cl2N3O4S. The zero-order valence-electron chi connectivity index (χ0n) is 23.3. The lowest BCUT2D eigenvalue weighted by molar-refractivity contribution is -0.140. The summed E-state index contributed by atoms with van der Waals surface area (Å²) in [5.41, 5.74) is 1.92. The molecule has 0 aliphatic heterocycles. The Balaban J connectivity index is 2.10. The summed E-state index contributed by atoms with van der Waals surface area (Å²) in [6.07, 6.45) is 1.26. The molecule has 0 radical (unpaired) electrons. The molecular weight excluding hydrogens is 569 g/mol. The van der Waals surface area contributed by atoms with E-state index in [1.54, 1.807) is 37.3 Å². The van der Waals surface area contributed by atoms with Crippen LogP contribution in [0.15, 0.2) is 72.8 Å². The lowest BCUT2D eigenvalue weighted by Crippen LogP contribution is -2.56. The number of sulfonamides is 1. The van der Waals surface area contributed by atoms with Gasteiger partial charge in [-0.1, -0.05) is 71.7 Å². The van der Waals surface area contributed by atoms with Crippen molar-refractivity contribution in [2.45, 2.75) is 52.2 Å². The number of carbonyl (C=O) groups excluding carboxylic acids is 2. The summed E-state index contributed by atoms with van der Waals surface area (Å²) in [5, 5.41) is 3.82. The van der Waals surface area contributed by atoms with Gasteiger partial charge in [-0.25, -0.2) is 8.42 Å². The number of nitrogens with one attached hydrogen (secondary N) is 1. The molecule has 1 atom stereocenters. The number of aryl methyl sites for hydroxylation is 1. The smallest absolute Gasteiger partial charge is 0.244 e. The molecule has 3 aromatic carbocycles. The van der Waals surface area contributed by atoms with Gasteiger partial charge in [0, 0.05) is 28.5 Å². The number of amides is 2. The van der Waals surface area contributed by atoms with Crippen molar-refractivity contribution in [1.29, 1.82) is 0 Å². The van der Waals surface area contributed by atoms with Gasteiger partial charge in [0.05, 0.1) is 11.9 Å². The third-order valence-corrected chi connectivity index (χ3v) is 7.73. The minimum absolute atomic E-state index is 0.0422. The lowest BCUT2D eigenvalue weighted by Gasteiger charge is -2.35. The summed E-state index contributed by atoms with van der Waals surface area (Å²) < 4.78 is 26.9. The summed E-state index contributed by atoms with van der Waals surface area (Å²) in [5.74, 6) is -0.897. The molecule has 40 heavy (non-hydrogen) atoms. The molecule has 0 unspecified atom stereocenters. The van der Waals surface area contributed by atoms with E-state index in [2.05, 4.69) is 5.32 Å². The monoisotopic (exact) mass is 603 g/mol. The van der Waals surface area contributed by atoms with Gasteiger partial charge >= 0.3 is 0 Å². The summed E-state index contributed by atoms with van der Waals surface area (Å²) in [6.45, 7) is 6.85. The zero-order valence-corrected chi connectivity index (χ0v) is 25.6. The molecule has 0 heterocycles. The Morgan fingerprint density at radius 1 is 0.900 bits per heavy atom. The molecule has 3 aromatic rings. The van der Waals surface area contributed by atoms with Crippen LogP contribution in [0.3, 0.4) is 0 Å². The predicted molar refractivity (Wildman–Crippen MR) is 162 cm³/mol. The van der Waals surface area contributed by atoms with Gasteiger partial charge in [0.25, 0.3) is 0 Å². The number of anilines is 1. The largest absolute Gasteiger partial charge is 0.350 e. The molecule has 214 valence electrons. The van der Waals surface area contributed by atoms with Crippen molar-refractivity contribution >= 4 is 50.7 Å². The average molecular weight is 605 g/mol. The third kappa shape index (κ3) is 8.98. The minimum atomic E-state index is -3.89. The van der Waals surface area contributed by atoms with Crippen LogP contribution in [-0.2, 0) is 32.6 Å². The first-order chi connectivity index (χ1) is 18.6. The van der Waals surface area contributed by atoms with Crippen LogP contribution in [0.1, 0.15) is 37.5 Å². The van der Waals surface area contributed by atoms with Gasteiger partial charge in [-0.15, -0.1) is 0 Å². The van der Waals surface area contributed by atoms with Gasteiger partial charge in [-0.3, -0.25) is 13.9 Å². The van der Waals surface area contributed by atoms with Gasteiger partial charge in [-0.2, -0.15) is 0 Å². The number of hydrogen-bond donors (Lipinski definition) is 1. The molecule has 1 N–H and O–H groups in total. The molecule has 3 rings (SSSR count). The quantitative estimate of drug-likeness (QED) is 0.326. The highest BCUT2D eigenvalue weighted by Gasteiger charge is 2.34. The molecule has 0 aliphatic carbocycles. The number of benzene rings is 3. The molecule has 0 aliphatic rings. The van der Waals surface area contributed by atoms with Crippen molar-refractivity contribution in [3.05, 3.63) is 99.5 Å². The Morgan fingerprint density at radius 3 is 2.12 bits per heavy atom. The fraction of sp³-hybridized carbons (Fsp3) is 0.333. The van der Waals surface area contributed by atoms with Crippen LogP contribution in [0.4, 0.5) is 5.69 Å². The minimum Gasteiger partial charge on any atom is -0.350 e. The van der Waals surface area contributed by atoms with Crippen LogP contribution in [-0.4, -0.2) is 49.5 Å². The number of rotatable bonds is 10. The van der Waals surface area contributed by atoms with E-state index in [-0.39, 0.29) is 18.9 Å². The number of halogens is 2. The number of carbonyl (C=O) groups is 2. The van der Waals surface area contributed by atoms with Crippen molar-refractivity contribution in [3.63, 3.8) is 0 Å². The fourth-order valence-electron chi connectivity index (χ4n) is 4.28. The molecule has 2 amide bonds. The summed E-state index contributed by atoms with van der Waals surface area (Å²) in [4.78, 5) is 29.3. The van der Waals surface area contributed by atoms with Crippen molar-refractivity contribution in [2.24, 2.45) is 0 Å². The zero-order chi connectivity index (χ0) is 29.7. The first-order valence-electron chi connectivity index (χ1n) is 12.8. The highest BCUT2D eigenvalue weighted by Crippen LogP contribution is 2.27. The molecule has 0 fully saturated rings. The van der Waals surface area contributed by atoms with Crippen LogP contribution in [0.2, 0.25) is 10.0 Å². The van der Waals surface area contributed by atoms with Crippen LogP contribution in [0.5, 0.6) is 0 Å². The highest BCUT2D eigenvalue weighted by atomic mass is 35.5. The molecule has 0 bridgehead atoms. The van der Waals surface area contributed by atoms with Crippen molar-refractivity contribution in [1.82, 2.24) is 10.2 Å². The van der Waals surface area contributed by atoms with E-state index in [1.807, 2.05) is 57.2 Å². The second kappa shape index (κ2) is 13.1. The Kier molecular flexibility index (Phi) is 10.3. The molecule has 0 aromatic heterocycles. The van der Waals surface area contributed by atoms with E-state index in [9.17, 15) is 18.0 Å². The number of nitrogens with zero attached hydrogens (tertiary/aromatic N) is 2. The van der Waals surface area contributed by atoms with E-state index >= 15 is 0 Å². The first kappa shape index (κ1) is 31.5. The summed E-state index contributed by atoms with van der Waals surface area (Å²) in [7, 11) is -3.89. The second-order valence-corrected chi connectivity index (χ2v) is 13.6. The Hall–Kier alpha value is -3.07. The highest BCUT2D eigenvalue weighted by molar-refractivity contribution is 7.92. The average Bonchev–Trinajstić information content (AvgIpc) is 2.85. The fourth-order valence-corrected chi connectivity index (χ4v) is 5.56. The van der Waals surface area contributed by atoms with Gasteiger partial charge < -0.3 is 10.2 Å². The SMILES string of the molecule is Cc1ccc(Cl)cc1N(CC(=O)N(Cc1cccc(Cl)c1)[C@H](Cc1ccccc1)C(=O)NC(C)(C)C)S(C)(=O)=O.